The zero-order chi connectivity index (χ0) is 20.4. The number of rotatable bonds is 6. The number of carboxylic acids is 1. The van der Waals surface area contributed by atoms with Gasteiger partial charge in [0.2, 0.25) is 0 Å². The molecule has 3 aromatic carbocycles. The van der Waals surface area contributed by atoms with Crippen LogP contribution in [0.2, 0.25) is 0 Å². The van der Waals surface area contributed by atoms with Crippen LogP contribution in [0.5, 0.6) is 11.5 Å². The highest BCUT2D eigenvalue weighted by molar-refractivity contribution is 5.94. The topological polar surface area (TPSA) is 62.3 Å². The molecular weight excluding hydrogens is 362 g/mol. The molecule has 1 aromatic heterocycles. The standard InChI is InChI=1S/C25H23NO3/c1-16(2)17-8-10-18(11-9-17)25-22(15-24(27)28)21-14-20(12-13-23(21)26-25)29-19-6-4-3-5-7-19/h3-14,16,26H,15H2,1-2H3,(H,27,28). The van der Waals surface area contributed by atoms with Crippen LogP contribution >= 0.6 is 0 Å². The molecule has 0 saturated carbocycles. The Morgan fingerprint density at radius 3 is 2.34 bits per heavy atom. The van der Waals surface area contributed by atoms with Crippen LogP contribution in [0.1, 0.15) is 30.9 Å². The van der Waals surface area contributed by atoms with Gasteiger partial charge in [0.25, 0.3) is 0 Å². The smallest absolute Gasteiger partial charge is 0.307 e. The van der Waals surface area contributed by atoms with Crippen molar-refractivity contribution in [1.29, 1.82) is 0 Å². The zero-order valence-electron chi connectivity index (χ0n) is 16.5. The molecule has 146 valence electrons. The highest BCUT2D eigenvalue weighted by Gasteiger charge is 2.17. The van der Waals surface area contributed by atoms with E-state index in [9.17, 15) is 9.90 Å². The van der Waals surface area contributed by atoms with Gasteiger partial charge in [0.1, 0.15) is 11.5 Å². The van der Waals surface area contributed by atoms with E-state index in [1.54, 1.807) is 0 Å². The van der Waals surface area contributed by atoms with Gasteiger partial charge in [0.15, 0.2) is 0 Å². The molecular formula is C25H23NO3. The van der Waals surface area contributed by atoms with Crippen molar-refractivity contribution in [3.8, 4) is 22.8 Å². The highest BCUT2D eigenvalue weighted by atomic mass is 16.5. The molecule has 0 spiro atoms. The third-order valence-corrected chi connectivity index (χ3v) is 5.05. The predicted octanol–water partition coefficient (Wildman–Crippen LogP) is 6.38. The van der Waals surface area contributed by atoms with Crippen LogP contribution in [-0.4, -0.2) is 16.1 Å². The van der Waals surface area contributed by atoms with Gasteiger partial charge in [-0.05, 0) is 52.9 Å². The number of hydrogen-bond donors (Lipinski definition) is 2. The largest absolute Gasteiger partial charge is 0.481 e. The maximum Gasteiger partial charge on any atom is 0.307 e. The van der Waals surface area contributed by atoms with Crippen molar-refractivity contribution in [1.82, 2.24) is 4.98 Å². The summed E-state index contributed by atoms with van der Waals surface area (Å²) in [5.41, 5.74) is 4.73. The molecule has 0 aliphatic carbocycles. The van der Waals surface area contributed by atoms with E-state index in [2.05, 4.69) is 31.0 Å². The number of hydrogen-bond acceptors (Lipinski definition) is 2. The Morgan fingerprint density at radius 2 is 1.69 bits per heavy atom. The molecule has 0 unspecified atom stereocenters. The summed E-state index contributed by atoms with van der Waals surface area (Å²) in [6.07, 6.45) is -0.0595. The van der Waals surface area contributed by atoms with E-state index in [1.807, 2.05) is 60.7 Å². The fraction of sp³-hybridized carbons (Fsp3) is 0.160. The van der Waals surface area contributed by atoms with E-state index in [-0.39, 0.29) is 6.42 Å². The van der Waals surface area contributed by atoms with Gasteiger partial charge in [-0.1, -0.05) is 56.3 Å². The molecule has 4 heteroatoms. The molecule has 0 bridgehead atoms. The maximum absolute atomic E-state index is 11.6. The molecule has 2 N–H and O–H groups in total. The Balaban J connectivity index is 1.78. The predicted molar refractivity (Wildman–Crippen MR) is 116 cm³/mol. The van der Waals surface area contributed by atoms with Crippen LogP contribution in [0.3, 0.4) is 0 Å². The highest BCUT2D eigenvalue weighted by Crippen LogP contribution is 2.34. The van der Waals surface area contributed by atoms with Crippen LogP contribution in [0.4, 0.5) is 0 Å². The number of aromatic amines is 1. The Kier molecular flexibility index (Phi) is 5.09. The lowest BCUT2D eigenvalue weighted by Gasteiger charge is -2.08. The summed E-state index contributed by atoms with van der Waals surface area (Å²) in [7, 11) is 0. The van der Waals surface area contributed by atoms with Crippen LogP contribution in [-0.2, 0) is 11.2 Å². The molecule has 29 heavy (non-hydrogen) atoms. The summed E-state index contributed by atoms with van der Waals surface area (Å²) in [6, 6.07) is 23.6. The second-order valence-corrected chi connectivity index (χ2v) is 7.45. The van der Waals surface area contributed by atoms with Crippen LogP contribution < -0.4 is 4.74 Å². The average molecular weight is 385 g/mol. The molecule has 0 saturated heterocycles. The van der Waals surface area contributed by atoms with E-state index in [1.165, 1.54) is 5.56 Å². The summed E-state index contributed by atoms with van der Waals surface area (Å²) in [5.74, 6) is 1.01. The van der Waals surface area contributed by atoms with Gasteiger partial charge < -0.3 is 14.8 Å². The lowest BCUT2D eigenvalue weighted by atomic mass is 9.98. The molecule has 4 aromatic rings. The number of carboxylic acid groups (broad SMARTS) is 1. The molecule has 0 amide bonds. The Hall–Kier alpha value is -3.53. The number of para-hydroxylation sites is 1. The van der Waals surface area contributed by atoms with Gasteiger partial charge in [-0.3, -0.25) is 4.79 Å². The number of fused-ring (bicyclic) bond motifs is 1. The third-order valence-electron chi connectivity index (χ3n) is 5.05. The van der Waals surface area contributed by atoms with Crippen molar-refractivity contribution in [2.75, 3.05) is 0 Å². The van der Waals surface area contributed by atoms with E-state index in [0.29, 0.717) is 11.7 Å². The number of benzene rings is 3. The van der Waals surface area contributed by atoms with E-state index < -0.39 is 5.97 Å². The second-order valence-electron chi connectivity index (χ2n) is 7.45. The van der Waals surface area contributed by atoms with Crippen molar-refractivity contribution in [3.63, 3.8) is 0 Å². The van der Waals surface area contributed by atoms with E-state index in [4.69, 9.17) is 4.74 Å². The Bertz CT molecular complexity index is 1140. The van der Waals surface area contributed by atoms with Crippen LogP contribution in [0.25, 0.3) is 22.2 Å². The molecule has 1 heterocycles. The van der Waals surface area contributed by atoms with Crippen molar-refractivity contribution >= 4 is 16.9 Å². The van der Waals surface area contributed by atoms with Crippen LogP contribution in [0.15, 0.2) is 72.8 Å². The number of carbonyl (C=O) groups is 1. The lowest BCUT2D eigenvalue weighted by Crippen LogP contribution is -2.01. The van der Waals surface area contributed by atoms with Gasteiger partial charge >= 0.3 is 5.97 Å². The number of aromatic nitrogens is 1. The van der Waals surface area contributed by atoms with E-state index in [0.717, 1.165) is 33.5 Å². The summed E-state index contributed by atoms with van der Waals surface area (Å²) < 4.78 is 5.94. The molecule has 0 aliphatic heterocycles. The molecule has 4 rings (SSSR count). The van der Waals surface area contributed by atoms with Crippen LogP contribution in [0, 0.1) is 0 Å². The van der Waals surface area contributed by atoms with Crippen molar-refractivity contribution in [3.05, 3.63) is 83.9 Å². The number of H-pyrrole nitrogens is 1. The number of nitrogens with one attached hydrogen (secondary N) is 1. The van der Waals surface area contributed by atoms with Gasteiger partial charge in [0.05, 0.1) is 12.1 Å². The van der Waals surface area contributed by atoms with Gasteiger partial charge in [-0.15, -0.1) is 0 Å². The molecule has 0 atom stereocenters. The second kappa shape index (κ2) is 7.84. The summed E-state index contributed by atoms with van der Waals surface area (Å²) in [6.45, 7) is 4.31. The quantitative estimate of drug-likeness (QED) is 0.405. The molecule has 0 radical (unpaired) electrons. The summed E-state index contributed by atoms with van der Waals surface area (Å²) >= 11 is 0. The SMILES string of the molecule is CC(C)c1ccc(-c2[nH]c3ccc(Oc4ccccc4)cc3c2CC(=O)O)cc1. The minimum atomic E-state index is -0.861. The van der Waals surface area contributed by atoms with Crippen molar-refractivity contribution in [2.45, 2.75) is 26.2 Å². The summed E-state index contributed by atoms with van der Waals surface area (Å²) in [5, 5.41) is 10.4. The summed E-state index contributed by atoms with van der Waals surface area (Å²) in [4.78, 5) is 15.0. The van der Waals surface area contributed by atoms with E-state index >= 15 is 0 Å². The molecule has 4 nitrogen and oxygen atoms in total. The maximum atomic E-state index is 11.6. The number of aliphatic carboxylic acids is 1. The Labute approximate surface area is 169 Å². The first-order chi connectivity index (χ1) is 14.0. The Morgan fingerprint density at radius 1 is 0.966 bits per heavy atom. The fourth-order valence-electron chi connectivity index (χ4n) is 3.53. The zero-order valence-corrected chi connectivity index (χ0v) is 16.5. The normalized spacial score (nSPS) is 11.1. The molecule has 0 aliphatic rings. The number of ether oxygens (including phenoxy) is 1. The first kappa shape index (κ1) is 18.8. The first-order valence-electron chi connectivity index (χ1n) is 9.71. The minimum Gasteiger partial charge on any atom is -0.481 e. The minimum absolute atomic E-state index is 0.0595. The van der Waals surface area contributed by atoms with Crippen molar-refractivity contribution < 1.29 is 14.6 Å². The van der Waals surface area contributed by atoms with Gasteiger partial charge in [-0.25, -0.2) is 0 Å². The lowest BCUT2D eigenvalue weighted by molar-refractivity contribution is -0.136. The fourth-order valence-corrected chi connectivity index (χ4v) is 3.53. The average Bonchev–Trinajstić information content (AvgIpc) is 3.06. The van der Waals surface area contributed by atoms with Crippen molar-refractivity contribution in [2.24, 2.45) is 0 Å². The first-order valence-corrected chi connectivity index (χ1v) is 9.71. The van der Waals surface area contributed by atoms with Gasteiger partial charge in [0, 0.05) is 10.9 Å². The third kappa shape index (κ3) is 4.02. The monoisotopic (exact) mass is 385 g/mol. The van der Waals surface area contributed by atoms with Gasteiger partial charge in [-0.2, -0.15) is 0 Å². The molecule has 0 fully saturated rings.